The lowest BCUT2D eigenvalue weighted by Gasteiger charge is -2.20. The van der Waals surface area contributed by atoms with E-state index in [0.717, 1.165) is 17.4 Å². The highest BCUT2D eigenvalue weighted by Crippen LogP contribution is 2.39. The Bertz CT molecular complexity index is 404. The molecule has 2 aliphatic rings. The van der Waals surface area contributed by atoms with Crippen molar-refractivity contribution in [1.29, 1.82) is 0 Å². The van der Waals surface area contributed by atoms with Crippen molar-refractivity contribution in [3.63, 3.8) is 0 Å². The van der Waals surface area contributed by atoms with E-state index >= 15 is 0 Å². The third-order valence-corrected chi connectivity index (χ3v) is 4.37. The second kappa shape index (κ2) is 4.30. The number of anilines is 1. The molecular weight excluding hydrogens is 210 g/mol. The highest BCUT2D eigenvalue weighted by atomic mass is 15.2. The summed E-state index contributed by atoms with van der Waals surface area (Å²) in [4.78, 5) is 7.08. The summed E-state index contributed by atoms with van der Waals surface area (Å²) in [5.74, 6) is 3.02. The van der Waals surface area contributed by atoms with Gasteiger partial charge in [-0.3, -0.25) is 0 Å². The van der Waals surface area contributed by atoms with Gasteiger partial charge in [0.15, 0.2) is 0 Å². The van der Waals surface area contributed by atoms with Crippen LogP contribution in [0, 0.1) is 18.8 Å². The molecule has 1 aromatic rings. The van der Waals surface area contributed by atoms with Gasteiger partial charge < -0.3 is 10.6 Å². The molecule has 92 valence electrons. The van der Waals surface area contributed by atoms with Gasteiger partial charge in [-0.05, 0) is 48.8 Å². The van der Waals surface area contributed by atoms with E-state index < -0.39 is 0 Å². The van der Waals surface area contributed by atoms with Gasteiger partial charge in [-0.15, -0.1) is 0 Å². The van der Waals surface area contributed by atoms with Crippen LogP contribution in [0.1, 0.15) is 30.4 Å². The van der Waals surface area contributed by atoms with Gasteiger partial charge in [-0.2, -0.15) is 0 Å². The molecule has 1 saturated heterocycles. The number of aromatic nitrogens is 1. The molecule has 2 N–H and O–H groups in total. The van der Waals surface area contributed by atoms with Crippen LogP contribution >= 0.6 is 0 Å². The minimum absolute atomic E-state index is 0.583. The number of hydrogen-bond acceptors (Lipinski definition) is 3. The van der Waals surface area contributed by atoms with Crippen molar-refractivity contribution in [2.75, 3.05) is 18.0 Å². The van der Waals surface area contributed by atoms with Crippen LogP contribution in [0.4, 0.5) is 5.82 Å². The smallest absolute Gasteiger partial charge is 0.131 e. The maximum absolute atomic E-state index is 5.64. The first-order valence-electron chi connectivity index (χ1n) is 6.68. The topological polar surface area (TPSA) is 42.1 Å². The van der Waals surface area contributed by atoms with Crippen molar-refractivity contribution in [1.82, 2.24) is 4.98 Å². The van der Waals surface area contributed by atoms with E-state index in [4.69, 9.17) is 5.73 Å². The zero-order valence-electron chi connectivity index (χ0n) is 10.5. The SMILES string of the molecule is Cc1cc(CN)cnc1N1CC2CCCC2C1. The Balaban J connectivity index is 1.81. The minimum Gasteiger partial charge on any atom is -0.356 e. The Morgan fingerprint density at radius 1 is 1.35 bits per heavy atom. The van der Waals surface area contributed by atoms with Crippen LogP contribution in [0.3, 0.4) is 0 Å². The standard InChI is InChI=1S/C14H21N3/c1-10-5-11(6-15)7-16-14(10)17-8-12-3-2-4-13(12)9-17/h5,7,12-13H,2-4,6,8-9,15H2,1H3. The molecule has 0 amide bonds. The van der Waals surface area contributed by atoms with Crippen molar-refractivity contribution >= 4 is 5.82 Å². The normalized spacial score (nSPS) is 27.5. The fraction of sp³-hybridized carbons (Fsp3) is 0.643. The summed E-state index contributed by atoms with van der Waals surface area (Å²) in [7, 11) is 0. The second-order valence-electron chi connectivity index (χ2n) is 5.54. The van der Waals surface area contributed by atoms with Gasteiger partial charge in [0.05, 0.1) is 0 Å². The summed E-state index contributed by atoms with van der Waals surface area (Å²) in [5, 5.41) is 0. The van der Waals surface area contributed by atoms with Gasteiger partial charge >= 0.3 is 0 Å². The van der Waals surface area contributed by atoms with E-state index in [1.165, 1.54) is 43.7 Å². The summed E-state index contributed by atoms with van der Waals surface area (Å²) in [6.07, 6.45) is 6.19. The molecule has 3 rings (SSSR count). The van der Waals surface area contributed by atoms with Crippen LogP contribution in [0.2, 0.25) is 0 Å². The van der Waals surface area contributed by atoms with Crippen LogP contribution in [0.5, 0.6) is 0 Å². The highest BCUT2D eigenvalue weighted by Gasteiger charge is 2.36. The van der Waals surface area contributed by atoms with Crippen molar-refractivity contribution in [2.24, 2.45) is 17.6 Å². The maximum atomic E-state index is 5.64. The third kappa shape index (κ3) is 1.93. The van der Waals surface area contributed by atoms with E-state index in [-0.39, 0.29) is 0 Å². The zero-order chi connectivity index (χ0) is 11.8. The largest absolute Gasteiger partial charge is 0.356 e. The van der Waals surface area contributed by atoms with Gasteiger partial charge in [0, 0.05) is 25.8 Å². The molecule has 0 bridgehead atoms. The average molecular weight is 231 g/mol. The molecule has 0 spiro atoms. The number of nitrogens with zero attached hydrogens (tertiary/aromatic N) is 2. The van der Waals surface area contributed by atoms with Gasteiger partial charge in [0.2, 0.25) is 0 Å². The monoisotopic (exact) mass is 231 g/mol. The van der Waals surface area contributed by atoms with Crippen LogP contribution in [-0.4, -0.2) is 18.1 Å². The molecule has 1 aliphatic carbocycles. The molecule has 1 saturated carbocycles. The predicted octanol–water partition coefficient (Wildman–Crippen LogP) is 2.09. The molecule has 1 aromatic heterocycles. The average Bonchev–Trinajstić information content (AvgIpc) is 2.89. The molecule has 2 unspecified atom stereocenters. The lowest BCUT2D eigenvalue weighted by molar-refractivity contribution is 0.494. The van der Waals surface area contributed by atoms with Crippen LogP contribution in [0.25, 0.3) is 0 Å². The van der Waals surface area contributed by atoms with E-state index in [1.807, 2.05) is 6.20 Å². The molecule has 2 fully saturated rings. The fourth-order valence-electron chi connectivity index (χ4n) is 3.48. The van der Waals surface area contributed by atoms with E-state index in [9.17, 15) is 0 Å². The molecule has 0 aromatic carbocycles. The van der Waals surface area contributed by atoms with Gasteiger partial charge in [-0.1, -0.05) is 6.42 Å². The Hall–Kier alpha value is -1.09. The van der Waals surface area contributed by atoms with Crippen LogP contribution < -0.4 is 10.6 Å². The summed E-state index contributed by atoms with van der Waals surface area (Å²) < 4.78 is 0. The first-order valence-corrected chi connectivity index (χ1v) is 6.68. The van der Waals surface area contributed by atoms with Gasteiger partial charge in [-0.25, -0.2) is 4.98 Å². The number of pyridine rings is 1. The molecule has 17 heavy (non-hydrogen) atoms. The first kappa shape index (κ1) is 11.0. The Morgan fingerprint density at radius 3 is 2.65 bits per heavy atom. The molecule has 1 aliphatic heterocycles. The summed E-state index contributed by atoms with van der Waals surface area (Å²) in [5.41, 5.74) is 8.04. The first-order chi connectivity index (χ1) is 8.28. The predicted molar refractivity (Wildman–Crippen MR) is 69.9 cm³/mol. The summed E-state index contributed by atoms with van der Waals surface area (Å²) in [6, 6.07) is 2.18. The Kier molecular flexibility index (Phi) is 2.79. The third-order valence-electron chi connectivity index (χ3n) is 4.37. The van der Waals surface area contributed by atoms with Crippen molar-refractivity contribution < 1.29 is 0 Å². The number of nitrogens with two attached hydrogens (primary N) is 1. The molecular formula is C14H21N3. The van der Waals surface area contributed by atoms with E-state index in [2.05, 4.69) is 22.9 Å². The van der Waals surface area contributed by atoms with Crippen molar-refractivity contribution in [2.45, 2.75) is 32.7 Å². The van der Waals surface area contributed by atoms with Gasteiger partial charge in [0.1, 0.15) is 5.82 Å². The fourth-order valence-corrected chi connectivity index (χ4v) is 3.48. The summed E-state index contributed by atoms with van der Waals surface area (Å²) in [6.45, 7) is 5.15. The maximum Gasteiger partial charge on any atom is 0.131 e. The Morgan fingerprint density at radius 2 is 2.06 bits per heavy atom. The van der Waals surface area contributed by atoms with Crippen molar-refractivity contribution in [3.8, 4) is 0 Å². The Labute approximate surface area is 103 Å². The quantitative estimate of drug-likeness (QED) is 0.847. The van der Waals surface area contributed by atoms with Crippen molar-refractivity contribution in [3.05, 3.63) is 23.4 Å². The van der Waals surface area contributed by atoms with E-state index in [1.54, 1.807) is 0 Å². The molecule has 3 heteroatoms. The second-order valence-corrected chi connectivity index (χ2v) is 5.54. The molecule has 0 radical (unpaired) electrons. The highest BCUT2D eigenvalue weighted by molar-refractivity contribution is 5.48. The summed E-state index contributed by atoms with van der Waals surface area (Å²) >= 11 is 0. The molecule has 2 atom stereocenters. The zero-order valence-corrected chi connectivity index (χ0v) is 10.5. The van der Waals surface area contributed by atoms with Crippen LogP contribution in [0.15, 0.2) is 12.3 Å². The molecule has 2 heterocycles. The van der Waals surface area contributed by atoms with Crippen LogP contribution in [-0.2, 0) is 6.54 Å². The lowest BCUT2D eigenvalue weighted by Crippen LogP contribution is -2.23. The number of aryl methyl sites for hydroxylation is 1. The van der Waals surface area contributed by atoms with Gasteiger partial charge in [0.25, 0.3) is 0 Å². The minimum atomic E-state index is 0.583. The number of rotatable bonds is 2. The lowest BCUT2D eigenvalue weighted by atomic mass is 10.0. The number of fused-ring (bicyclic) bond motifs is 1. The van der Waals surface area contributed by atoms with E-state index in [0.29, 0.717) is 6.54 Å². The molecule has 3 nitrogen and oxygen atoms in total. The number of hydrogen-bond donors (Lipinski definition) is 1.